The lowest BCUT2D eigenvalue weighted by Gasteiger charge is -2.59. The summed E-state index contributed by atoms with van der Waals surface area (Å²) in [5.41, 5.74) is -0.760. The van der Waals surface area contributed by atoms with Gasteiger partial charge in [0, 0.05) is 5.41 Å². The zero-order chi connectivity index (χ0) is 23.9. The zero-order valence-corrected chi connectivity index (χ0v) is 19.2. The number of hydrogen-bond acceptors (Lipinski definition) is 8. The molecule has 0 radical (unpaired) electrons. The van der Waals surface area contributed by atoms with Gasteiger partial charge in [0.2, 0.25) is 0 Å². The van der Waals surface area contributed by atoms with Gasteiger partial charge in [-0.2, -0.15) is 17.2 Å². The molecule has 4 bridgehead atoms. The molecule has 4 fully saturated rings. The van der Waals surface area contributed by atoms with Gasteiger partial charge in [-0.1, -0.05) is 0 Å². The topological polar surface area (TPSA) is 125 Å². The van der Waals surface area contributed by atoms with Crippen molar-refractivity contribution < 1.29 is 50.3 Å². The summed E-state index contributed by atoms with van der Waals surface area (Å²) in [5.74, 6) is -1.43. The molecule has 4 aliphatic carbocycles. The highest BCUT2D eigenvalue weighted by atomic mass is 32.2. The van der Waals surface area contributed by atoms with Gasteiger partial charge in [0.15, 0.2) is 0 Å². The minimum Gasteiger partial charge on any atom is -0.458 e. The predicted molar refractivity (Wildman–Crippen MR) is 105 cm³/mol. The summed E-state index contributed by atoms with van der Waals surface area (Å²) in [6.45, 7) is 4.85. The first kappa shape index (κ1) is 25.1. The summed E-state index contributed by atoms with van der Waals surface area (Å²) in [6.07, 6.45) is 3.65. The highest BCUT2D eigenvalue weighted by Gasteiger charge is 2.57. The van der Waals surface area contributed by atoms with E-state index in [0.717, 1.165) is 32.1 Å². The van der Waals surface area contributed by atoms with Crippen LogP contribution in [0.1, 0.15) is 52.9 Å². The third-order valence-corrected chi connectivity index (χ3v) is 7.20. The van der Waals surface area contributed by atoms with Gasteiger partial charge in [0.25, 0.3) is 0 Å². The number of rotatable bonds is 8. The van der Waals surface area contributed by atoms with Crippen LogP contribution in [0.15, 0.2) is 0 Å². The molecule has 0 amide bonds. The van der Waals surface area contributed by atoms with Crippen LogP contribution in [0.2, 0.25) is 0 Å². The van der Waals surface area contributed by atoms with Crippen molar-refractivity contribution in [1.82, 2.24) is 0 Å². The summed E-state index contributed by atoms with van der Waals surface area (Å²) < 4.78 is 76.7. The standard InChI is InChI=1S/C20H30F2O9S/c1-18(2,3)31-17(24)30-11-19-8-12-6-13(9-19)15(14(7-12)10-19)28-4-5-29-16(23)20(21,22)32(25,26)27/h12-15H,4-11H2,1-3H3,(H,25,26,27). The van der Waals surface area contributed by atoms with Crippen molar-refractivity contribution in [3.8, 4) is 0 Å². The first-order chi connectivity index (χ1) is 14.6. The SMILES string of the molecule is CC(C)(C)OC(=O)OCC12CC3CC(C1)C(OCCOC(=O)C(F)(F)S(=O)(=O)O)C(C3)C2. The Balaban J connectivity index is 1.49. The van der Waals surface area contributed by atoms with E-state index < -0.39 is 39.7 Å². The largest absolute Gasteiger partial charge is 0.508 e. The van der Waals surface area contributed by atoms with Crippen molar-refractivity contribution in [2.24, 2.45) is 23.2 Å². The van der Waals surface area contributed by atoms with Crippen molar-refractivity contribution >= 4 is 22.2 Å². The second-order valence-corrected chi connectivity index (χ2v) is 11.6. The van der Waals surface area contributed by atoms with Crippen LogP contribution < -0.4 is 0 Å². The average molecular weight is 485 g/mol. The van der Waals surface area contributed by atoms with E-state index in [1.807, 2.05) is 0 Å². The third-order valence-electron chi connectivity index (χ3n) is 6.39. The van der Waals surface area contributed by atoms with Crippen LogP contribution in [0.3, 0.4) is 0 Å². The number of halogens is 2. The van der Waals surface area contributed by atoms with Gasteiger partial charge >= 0.3 is 27.5 Å². The van der Waals surface area contributed by atoms with E-state index in [1.165, 1.54) is 0 Å². The maximum Gasteiger partial charge on any atom is 0.508 e. The first-order valence-corrected chi connectivity index (χ1v) is 12.1. The number of ether oxygens (including phenoxy) is 4. The lowest BCUT2D eigenvalue weighted by Crippen LogP contribution is -2.56. The van der Waals surface area contributed by atoms with Gasteiger partial charge in [0.1, 0.15) is 18.8 Å². The van der Waals surface area contributed by atoms with Crippen LogP contribution in [0.25, 0.3) is 0 Å². The van der Waals surface area contributed by atoms with Gasteiger partial charge in [-0.05, 0) is 70.6 Å². The van der Waals surface area contributed by atoms with Gasteiger partial charge in [-0.3, -0.25) is 4.55 Å². The number of esters is 1. The van der Waals surface area contributed by atoms with Gasteiger partial charge < -0.3 is 18.9 Å². The molecule has 0 aromatic carbocycles. The second kappa shape index (κ2) is 8.68. The highest BCUT2D eigenvalue weighted by molar-refractivity contribution is 7.87. The Labute approximate surface area is 185 Å². The molecule has 0 aliphatic heterocycles. The molecule has 4 rings (SSSR count). The molecule has 2 atom stereocenters. The highest BCUT2D eigenvalue weighted by Crippen LogP contribution is 2.60. The minimum atomic E-state index is -5.90. The summed E-state index contributed by atoms with van der Waals surface area (Å²) in [5, 5.41) is -5.02. The van der Waals surface area contributed by atoms with E-state index in [4.69, 9.17) is 18.8 Å². The fourth-order valence-electron chi connectivity index (χ4n) is 5.59. The molecule has 2 unspecified atom stereocenters. The van der Waals surface area contributed by atoms with Crippen LogP contribution in [0, 0.1) is 23.2 Å². The molecule has 12 heteroatoms. The van der Waals surface area contributed by atoms with Crippen molar-refractivity contribution in [1.29, 1.82) is 0 Å². The molecule has 0 aromatic rings. The summed E-state index contributed by atoms with van der Waals surface area (Å²) in [4.78, 5) is 23.2. The maximum atomic E-state index is 13.2. The van der Waals surface area contributed by atoms with Gasteiger partial charge in [0.05, 0.1) is 12.7 Å². The molecular formula is C20H30F2O9S. The monoisotopic (exact) mass is 484 g/mol. The van der Waals surface area contributed by atoms with E-state index in [2.05, 4.69) is 4.74 Å². The van der Waals surface area contributed by atoms with Gasteiger partial charge in [-0.25, -0.2) is 9.59 Å². The van der Waals surface area contributed by atoms with E-state index in [-0.39, 0.29) is 36.6 Å². The molecule has 0 aromatic heterocycles. The summed E-state index contributed by atoms with van der Waals surface area (Å²) in [6, 6.07) is 0. The Bertz CT molecular complexity index is 820. The quantitative estimate of drug-likeness (QED) is 0.314. The van der Waals surface area contributed by atoms with E-state index in [1.54, 1.807) is 20.8 Å². The van der Waals surface area contributed by atoms with Crippen molar-refractivity contribution in [3.05, 3.63) is 0 Å². The molecule has 0 saturated heterocycles. The van der Waals surface area contributed by atoms with Crippen LogP contribution in [0.5, 0.6) is 0 Å². The summed E-state index contributed by atoms with van der Waals surface area (Å²) >= 11 is 0. The van der Waals surface area contributed by atoms with Crippen LogP contribution in [-0.4, -0.2) is 61.9 Å². The van der Waals surface area contributed by atoms with Crippen LogP contribution >= 0.6 is 0 Å². The van der Waals surface area contributed by atoms with Crippen molar-refractivity contribution in [2.45, 2.75) is 69.8 Å². The number of hydrogen-bond donors (Lipinski definition) is 1. The molecule has 32 heavy (non-hydrogen) atoms. The Hall–Kier alpha value is -1.53. The fraction of sp³-hybridized carbons (Fsp3) is 0.900. The minimum absolute atomic E-state index is 0.128. The Kier molecular flexibility index (Phi) is 6.81. The van der Waals surface area contributed by atoms with Crippen molar-refractivity contribution in [3.63, 3.8) is 0 Å². The molecule has 4 aliphatic rings. The average Bonchev–Trinajstić information content (AvgIpc) is 2.62. The van der Waals surface area contributed by atoms with Gasteiger partial charge in [-0.15, -0.1) is 0 Å². The molecule has 4 saturated carbocycles. The normalized spacial score (nSPS) is 31.9. The zero-order valence-electron chi connectivity index (χ0n) is 18.3. The molecular weight excluding hydrogens is 454 g/mol. The lowest BCUT2D eigenvalue weighted by atomic mass is 9.49. The molecule has 1 N–H and O–H groups in total. The van der Waals surface area contributed by atoms with E-state index in [0.29, 0.717) is 5.92 Å². The number of carbonyl (C=O) groups excluding carboxylic acids is 2. The van der Waals surface area contributed by atoms with Crippen LogP contribution in [-0.2, 0) is 33.9 Å². The predicted octanol–water partition coefficient (Wildman–Crippen LogP) is 3.17. The molecule has 9 nitrogen and oxygen atoms in total. The molecule has 184 valence electrons. The Morgan fingerprint density at radius 2 is 1.62 bits per heavy atom. The first-order valence-electron chi connectivity index (χ1n) is 10.6. The van der Waals surface area contributed by atoms with E-state index >= 15 is 0 Å². The Morgan fingerprint density at radius 3 is 2.16 bits per heavy atom. The third kappa shape index (κ3) is 5.51. The maximum absolute atomic E-state index is 13.2. The fourth-order valence-corrected chi connectivity index (χ4v) is 5.86. The second-order valence-electron chi connectivity index (χ2n) is 10.2. The summed E-state index contributed by atoms with van der Waals surface area (Å²) in [7, 11) is -5.90. The molecule has 0 spiro atoms. The number of alkyl halides is 2. The lowest BCUT2D eigenvalue weighted by molar-refractivity contribution is -0.181. The van der Waals surface area contributed by atoms with Crippen molar-refractivity contribution in [2.75, 3.05) is 19.8 Å². The molecule has 0 heterocycles. The Morgan fingerprint density at radius 1 is 1.03 bits per heavy atom. The van der Waals surface area contributed by atoms with Crippen LogP contribution in [0.4, 0.5) is 13.6 Å². The van der Waals surface area contributed by atoms with E-state index in [9.17, 15) is 26.8 Å². The number of carbonyl (C=O) groups is 2. The smallest absolute Gasteiger partial charge is 0.458 e.